The fourth-order valence-corrected chi connectivity index (χ4v) is 3.32. The number of piperidine rings is 1. The Labute approximate surface area is 135 Å². The van der Waals surface area contributed by atoms with Gasteiger partial charge in [0.2, 0.25) is 5.91 Å². The van der Waals surface area contributed by atoms with Crippen molar-refractivity contribution >= 4 is 11.9 Å². The number of amides is 1. The first-order chi connectivity index (χ1) is 11.1. The molecule has 124 valence electrons. The molecule has 0 aliphatic carbocycles. The summed E-state index contributed by atoms with van der Waals surface area (Å²) < 4.78 is 10.9. The summed E-state index contributed by atoms with van der Waals surface area (Å²) in [6, 6.07) is 4.86. The van der Waals surface area contributed by atoms with Gasteiger partial charge in [-0.2, -0.15) is 0 Å². The van der Waals surface area contributed by atoms with Gasteiger partial charge in [0.25, 0.3) is 0 Å². The van der Waals surface area contributed by atoms with Gasteiger partial charge in [-0.25, -0.2) is 4.79 Å². The van der Waals surface area contributed by atoms with Gasteiger partial charge in [-0.1, -0.05) is 6.07 Å². The SMILES string of the molecule is COc1ccc2c(c1)OC[C@@H](C(=O)N1CCCC[C@H]1C(=O)O)C2. The number of benzene rings is 1. The van der Waals surface area contributed by atoms with E-state index >= 15 is 0 Å². The number of hydrogen-bond acceptors (Lipinski definition) is 4. The molecule has 1 N–H and O–H groups in total. The third kappa shape index (κ3) is 3.11. The quantitative estimate of drug-likeness (QED) is 0.918. The fraction of sp³-hybridized carbons (Fsp3) is 0.529. The number of aliphatic carboxylic acids is 1. The van der Waals surface area contributed by atoms with Crippen molar-refractivity contribution < 1.29 is 24.2 Å². The Hall–Kier alpha value is -2.24. The molecule has 2 aliphatic rings. The van der Waals surface area contributed by atoms with Crippen LogP contribution in [0.5, 0.6) is 11.5 Å². The molecule has 0 unspecified atom stereocenters. The molecule has 6 nitrogen and oxygen atoms in total. The van der Waals surface area contributed by atoms with Crippen LogP contribution in [-0.4, -0.2) is 48.2 Å². The number of nitrogens with zero attached hydrogens (tertiary/aromatic N) is 1. The average Bonchev–Trinajstić information content (AvgIpc) is 2.60. The number of ether oxygens (including phenoxy) is 2. The normalized spacial score (nSPS) is 23.6. The summed E-state index contributed by atoms with van der Waals surface area (Å²) in [6.07, 6.45) is 2.81. The van der Waals surface area contributed by atoms with Crippen molar-refractivity contribution in [3.05, 3.63) is 23.8 Å². The maximum absolute atomic E-state index is 12.8. The molecule has 0 bridgehead atoms. The third-order valence-corrected chi connectivity index (χ3v) is 4.60. The Morgan fingerprint density at radius 2 is 2.17 bits per heavy atom. The minimum atomic E-state index is -0.917. The first kappa shape index (κ1) is 15.6. The molecule has 0 saturated carbocycles. The number of carboxylic acids is 1. The monoisotopic (exact) mass is 319 g/mol. The lowest BCUT2D eigenvalue weighted by atomic mass is 9.93. The Balaban J connectivity index is 1.74. The number of carboxylic acid groups (broad SMARTS) is 1. The van der Waals surface area contributed by atoms with Crippen LogP contribution in [0, 0.1) is 5.92 Å². The standard InChI is InChI=1S/C17H21NO5/c1-22-13-6-5-11-8-12(10-23-15(11)9-13)16(19)18-7-3-2-4-14(18)17(20)21/h5-6,9,12,14H,2-4,7-8,10H2,1H3,(H,20,21)/t12-,14-/m0/s1. The second kappa shape index (κ2) is 6.48. The van der Waals surface area contributed by atoms with Crippen molar-refractivity contribution in [1.29, 1.82) is 0 Å². The van der Waals surface area contributed by atoms with Gasteiger partial charge in [0, 0.05) is 12.6 Å². The van der Waals surface area contributed by atoms with E-state index in [0.29, 0.717) is 19.4 Å². The number of carbonyl (C=O) groups is 2. The topological polar surface area (TPSA) is 76.1 Å². The smallest absolute Gasteiger partial charge is 0.326 e. The summed E-state index contributed by atoms with van der Waals surface area (Å²) in [4.78, 5) is 25.7. The van der Waals surface area contributed by atoms with Gasteiger partial charge in [-0.15, -0.1) is 0 Å². The van der Waals surface area contributed by atoms with Gasteiger partial charge in [-0.3, -0.25) is 4.79 Å². The molecule has 6 heteroatoms. The lowest BCUT2D eigenvalue weighted by Gasteiger charge is -2.36. The van der Waals surface area contributed by atoms with Gasteiger partial charge < -0.3 is 19.5 Å². The van der Waals surface area contributed by atoms with Gasteiger partial charge in [-0.05, 0) is 37.3 Å². The maximum atomic E-state index is 12.8. The fourth-order valence-electron chi connectivity index (χ4n) is 3.32. The van der Waals surface area contributed by atoms with E-state index in [9.17, 15) is 14.7 Å². The molecule has 0 spiro atoms. The molecule has 2 heterocycles. The molecule has 1 aromatic carbocycles. The number of methoxy groups -OCH3 is 1. The van der Waals surface area contributed by atoms with Crippen LogP contribution in [0.15, 0.2) is 18.2 Å². The highest BCUT2D eigenvalue weighted by atomic mass is 16.5. The number of rotatable bonds is 3. The summed E-state index contributed by atoms with van der Waals surface area (Å²) in [7, 11) is 1.60. The molecule has 0 radical (unpaired) electrons. The van der Waals surface area contributed by atoms with Crippen LogP contribution < -0.4 is 9.47 Å². The van der Waals surface area contributed by atoms with E-state index in [1.807, 2.05) is 18.2 Å². The Morgan fingerprint density at radius 3 is 2.91 bits per heavy atom. The van der Waals surface area contributed by atoms with Crippen LogP contribution >= 0.6 is 0 Å². The first-order valence-electron chi connectivity index (χ1n) is 7.93. The van der Waals surface area contributed by atoms with E-state index in [0.717, 1.165) is 29.9 Å². The Kier molecular flexibility index (Phi) is 4.41. The van der Waals surface area contributed by atoms with E-state index in [1.54, 1.807) is 7.11 Å². The van der Waals surface area contributed by atoms with Crippen LogP contribution in [0.4, 0.5) is 0 Å². The molecule has 1 fully saturated rings. The predicted molar refractivity (Wildman–Crippen MR) is 82.7 cm³/mol. The van der Waals surface area contributed by atoms with E-state index in [-0.39, 0.29) is 18.4 Å². The highest BCUT2D eigenvalue weighted by Crippen LogP contribution is 2.32. The van der Waals surface area contributed by atoms with Crippen LogP contribution in [0.3, 0.4) is 0 Å². The number of likely N-dealkylation sites (tertiary alicyclic amines) is 1. The highest BCUT2D eigenvalue weighted by Gasteiger charge is 2.37. The van der Waals surface area contributed by atoms with Crippen molar-refractivity contribution in [2.45, 2.75) is 31.7 Å². The van der Waals surface area contributed by atoms with Gasteiger partial charge >= 0.3 is 5.97 Å². The summed E-state index contributed by atoms with van der Waals surface area (Å²) in [5.74, 6) is 0.103. The molecule has 1 saturated heterocycles. The van der Waals surface area contributed by atoms with E-state index in [2.05, 4.69) is 0 Å². The van der Waals surface area contributed by atoms with Crippen molar-refractivity contribution in [3.63, 3.8) is 0 Å². The van der Waals surface area contributed by atoms with E-state index in [4.69, 9.17) is 9.47 Å². The van der Waals surface area contributed by atoms with Gasteiger partial charge in [0.15, 0.2) is 0 Å². The average molecular weight is 319 g/mol. The Bertz CT molecular complexity index is 615. The number of fused-ring (bicyclic) bond motifs is 1. The van der Waals surface area contributed by atoms with E-state index < -0.39 is 12.0 Å². The summed E-state index contributed by atoms with van der Waals surface area (Å²) in [5.41, 5.74) is 0.958. The minimum absolute atomic E-state index is 0.112. The predicted octanol–water partition coefficient (Wildman–Crippen LogP) is 1.71. The summed E-state index contributed by atoms with van der Waals surface area (Å²) in [6.45, 7) is 0.795. The van der Waals surface area contributed by atoms with Crippen molar-refractivity contribution in [2.24, 2.45) is 5.92 Å². The highest BCUT2D eigenvalue weighted by molar-refractivity contribution is 5.85. The van der Waals surface area contributed by atoms with Gasteiger partial charge in [0.05, 0.1) is 13.0 Å². The molecular formula is C17H21NO5. The summed E-state index contributed by atoms with van der Waals surface area (Å²) in [5, 5.41) is 9.33. The molecule has 2 atom stereocenters. The van der Waals surface area contributed by atoms with E-state index in [1.165, 1.54) is 4.90 Å². The second-order valence-corrected chi connectivity index (χ2v) is 6.07. The van der Waals surface area contributed by atoms with Crippen LogP contribution in [0.25, 0.3) is 0 Å². The van der Waals surface area contributed by atoms with Crippen molar-refractivity contribution in [1.82, 2.24) is 4.90 Å². The van der Waals surface area contributed by atoms with Crippen LogP contribution in [0.2, 0.25) is 0 Å². The molecule has 1 aromatic rings. The van der Waals surface area contributed by atoms with Crippen molar-refractivity contribution in [2.75, 3.05) is 20.3 Å². The molecular weight excluding hydrogens is 298 g/mol. The van der Waals surface area contributed by atoms with Crippen LogP contribution in [-0.2, 0) is 16.0 Å². The van der Waals surface area contributed by atoms with Crippen LogP contribution in [0.1, 0.15) is 24.8 Å². The first-order valence-corrected chi connectivity index (χ1v) is 7.93. The number of carbonyl (C=O) groups excluding carboxylic acids is 1. The molecule has 2 aliphatic heterocycles. The maximum Gasteiger partial charge on any atom is 0.326 e. The molecule has 3 rings (SSSR count). The molecule has 0 aromatic heterocycles. The second-order valence-electron chi connectivity index (χ2n) is 6.07. The zero-order chi connectivity index (χ0) is 16.4. The molecule has 1 amide bonds. The third-order valence-electron chi connectivity index (χ3n) is 4.60. The molecule has 23 heavy (non-hydrogen) atoms. The zero-order valence-corrected chi connectivity index (χ0v) is 13.2. The lowest BCUT2D eigenvalue weighted by molar-refractivity contribution is -0.154. The lowest BCUT2D eigenvalue weighted by Crippen LogP contribution is -2.51. The van der Waals surface area contributed by atoms with Crippen molar-refractivity contribution in [3.8, 4) is 11.5 Å². The zero-order valence-electron chi connectivity index (χ0n) is 13.2. The Morgan fingerprint density at radius 1 is 1.35 bits per heavy atom. The largest absolute Gasteiger partial charge is 0.497 e. The number of hydrogen-bond donors (Lipinski definition) is 1. The summed E-state index contributed by atoms with van der Waals surface area (Å²) >= 11 is 0. The van der Waals surface area contributed by atoms with Gasteiger partial charge in [0.1, 0.15) is 24.1 Å². The minimum Gasteiger partial charge on any atom is -0.497 e.